The summed E-state index contributed by atoms with van der Waals surface area (Å²) in [5.74, 6) is 3.47. The van der Waals surface area contributed by atoms with E-state index in [0.717, 1.165) is 22.6 Å². The van der Waals surface area contributed by atoms with Crippen molar-refractivity contribution in [1.29, 1.82) is 0 Å². The van der Waals surface area contributed by atoms with Crippen molar-refractivity contribution in [3.63, 3.8) is 0 Å². The van der Waals surface area contributed by atoms with Gasteiger partial charge >= 0.3 is 0 Å². The SMILES string of the molecule is O[C@@H]1C(c2ccc3c(c2)OCO3)=C[C@@H]2O[C@@H]3[C@@H](Br)[C@H]4C[C@@H]3[C@@H]2[C@H]41. The number of rotatable bonds is 1. The first kappa shape index (κ1) is 13.3. The first-order valence-corrected chi connectivity index (χ1v) is 9.23. The summed E-state index contributed by atoms with van der Waals surface area (Å²) in [4.78, 5) is 0.387. The van der Waals surface area contributed by atoms with E-state index < -0.39 is 6.10 Å². The summed E-state index contributed by atoms with van der Waals surface area (Å²) < 4.78 is 17.2. The standard InChI is InChI=1S/C18H17BrO4/c19-16-9-4-10-14-13(23-18(10)16)5-8(17(20)15(9)14)7-1-2-11-12(3-7)22-6-21-11/h1-3,5,9-10,13-18,20H,4,6H2/t9-,10+,13-,14-,15-,16-,17+,18-/m0/s1. The van der Waals surface area contributed by atoms with Gasteiger partial charge in [0.2, 0.25) is 6.79 Å². The first-order chi connectivity index (χ1) is 11.2. The van der Waals surface area contributed by atoms with Crippen LogP contribution in [0.25, 0.3) is 5.57 Å². The minimum atomic E-state index is -0.422. The molecule has 4 nitrogen and oxygen atoms in total. The fourth-order valence-corrected chi connectivity index (χ4v) is 6.79. The van der Waals surface area contributed by atoms with Gasteiger partial charge < -0.3 is 19.3 Å². The van der Waals surface area contributed by atoms with Crippen LogP contribution in [-0.4, -0.2) is 35.0 Å². The number of hydrogen-bond donors (Lipinski definition) is 1. The molecule has 2 saturated carbocycles. The minimum absolute atomic E-state index is 0.145. The molecule has 0 unspecified atom stereocenters. The highest BCUT2D eigenvalue weighted by Crippen LogP contribution is 2.65. The summed E-state index contributed by atoms with van der Waals surface area (Å²) in [7, 11) is 0. The van der Waals surface area contributed by atoms with Crippen molar-refractivity contribution in [2.24, 2.45) is 23.7 Å². The Kier molecular flexibility index (Phi) is 2.49. The van der Waals surface area contributed by atoms with Crippen LogP contribution in [0.2, 0.25) is 0 Å². The average molecular weight is 377 g/mol. The van der Waals surface area contributed by atoms with Crippen LogP contribution < -0.4 is 9.47 Å². The topological polar surface area (TPSA) is 47.9 Å². The van der Waals surface area contributed by atoms with Crippen molar-refractivity contribution < 1.29 is 19.3 Å². The fourth-order valence-electron chi connectivity index (χ4n) is 5.71. The van der Waals surface area contributed by atoms with Crippen molar-refractivity contribution >= 4 is 21.5 Å². The molecule has 0 amide bonds. The van der Waals surface area contributed by atoms with Crippen LogP contribution >= 0.6 is 15.9 Å². The molecule has 0 radical (unpaired) electrons. The van der Waals surface area contributed by atoms with E-state index in [0.29, 0.717) is 34.6 Å². The maximum Gasteiger partial charge on any atom is 0.231 e. The molecule has 6 rings (SSSR count). The summed E-state index contributed by atoms with van der Waals surface area (Å²) in [6.07, 6.45) is 3.39. The maximum atomic E-state index is 11.1. The van der Waals surface area contributed by atoms with Crippen molar-refractivity contribution in [2.45, 2.75) is 29.6 Å². The highest BCUT2D eigenvalue weighted by Gasteiger charge is 2.67. The molecule has 2 bridgehead atoms. The zero-order chi connectivity index (χ0) is 15.3. The van der Waals surface area contributed by atoms with Gasteiger partial charge in [-0.1, -0.05) is 22.0 Å². The summed E-state index contributed by atoms with van der Waals surface area (Å²) >= 11 is 3.83. The first-order valence-electron chi connectivity index (χ1n) is 8.32. The monoisotopic (exact) mass is 376 g/mol. The number of ether oxygens (including phenoxy) is 3. The lowest BCUT2D eigenvalue weighted by Gasteiger charge is -2.38. The van der Waals surface area contributed by atoms with Gasteiger partial charge in [0.05, 0.1) is 18.3 Å². The normalized spacial score (nSPS) is 48.0. The molecule has 1 N–H and O–H groups in total. The molecule has 8 atom stereocenters. The molecule has 2 heterocycles. The van der Waals surface area contributed by atoms with E-state index >= 15 is 0 Å². The van der Waals surface area contributed by atoms with Crippen LogP contribution in [0.1, 0.15) is 12.0 Å². The van der Waals surface area contributed by atoms with Crippen LogP contribution in [0.5, 0.6) is 11.5 Å². The molecule has 1 saturated heterocycles. The molecule has 1 aromatic rings. The Hall–Kier alpha value is -1.04. The average Bonchev–Trinajstić information content (AvgIpc) is 3.27. The quantitative estimate of drug-likeness (QED) is 0.765. The fraction of sp³-hybridized carbons (Fsp3) is 0.556. The highest BCUT2D eigenvalue weighted by molar-refractivity contribution is 9.09. The van der Waals surface area contributed by atoms with Gasteiger partial charge in [-0.15, -0.1) is 0 Å². The molecular weight excluding hydrogens is 360 g/mol. The molecule has 3 aliphatic carbocycles. The van der Waals surface area contributed by atoms with E-state index in [-0.39, 0.29) is 12.9 Å². The number of aliphatic hydroxyl groups is 1. The second kappa shape index (κ2) is 4.32. The smallest absolute Gasteiger partial charge is 0.231 e. The predicted molar refractivity (Wildman–Crippen MR) is 86.5 cm³/mol. The van der Waals surface area contributed by atoms with Gasteiger partial charge in [0.15, 0.2) is 11.5 Å². The molecule has 23 heavy (non-hydrogen) atoms. The molecule has 2 aliphatic heterocycles. The van der Waals surface area contributed by atoms with Crippen LogP contribution in [0.4, 0.5) is 0 Å². The predicted octanol–water partition coefficient (Wildman–Crippen LogP) is 2.59. The van der Waals surface area contributed by atoms with Gasteiger partial charge in [0.1, 0.15) is 0 Å². The van der Waals surface area contributed by atoms with Gasteiger partial charge in [-0.05, 0) is 59.4 Å². The van der Waals surface area contributed by atoms with Crippen LogP contribution in [-0.2, 0) is 4.74 Å². The lowest BCUT2D eigenvalue weighted by Crippen LogP contribution is -2.43. The maximum absolute atomic E-state index is 11.1. The molecule has 120 valence electrons. The third kappa shape index (κ3) is 1.54. The van der Waals surface area contributed by atoms with Gasteiger partial charge in [0.25, 0.3) is 0 Å². The van der Waals surface area contributed by atoms with E-state index in [1.165, 1.54) is 6.42 Å². The van der Waals surface area contributed by atoms with Crippen LogP contribution in [0.15, 0.2) is 24.3 Å². The Labute approximate surface area is 142 Å². The Morgan fingerprint density at radius 3 is 2.87 bits per heavy atom. The number of aliphatic hydroxyl groups excluding tert-OH is 1. The van der Waals surface area contributed by atoms with E-state index in [1.807, 2.05) is 18.2 Å². The van der Waals surface area contributed by atoms with Gasteiger partial charge in [-0.3, -0.25) is 0 Å². The van der Waals surface area contributed by atoms with E-state index in [4.69, 9.17) is 14.2 Å². The van der Waals surface area contributed by atoms with E-state index in [1.54, 1.807) is 0 Å². The van der Waals surface area contributed by atoms with E-state index in [9.17, 15) is 5.11 Å². The van der Waals surface area contributed by atoms with Crippen molar-refractivity contribution in [3.8, 4) is 11.5 Å². The molecule has 5 heteroatoms. The van der Waals surface area contributed by atoms with Crippen molar-refractivity contribution in [3.05, 3.63) is 29.8 Å². The van der Waals surface area contributed by atoms with Gasteiger partial charge in [-0.2, -0.15) is 0 Å². The number of hydrogen-bond acceptors (Lipinski definition) is 4. The third-order valence-electron chi connectivity index (χ3n) is 6.55. The summed E-state index contributed by atoms with van der Waals surface area (Å²) in [5, 5.41) is 11.1. The number of alkyl halides is 1. The number of fused-ring (bicyclic) bond motifs is 3. The summed E-state index contributed by atoms with van der Waals surface area (Å²) in [6.45, 7) is 0.271. The highest BCUT2D eigenvalue weighted by atomic mass is 79.9. The Morgan fingerprint density at radius 2 is 1.96 bits per heavy atom. The minimum Gasteiger partial charge on any atom is -0.454 e. The number of benzene rings is 1. The molecule has 3 fully saturated rings. The molecule has 0 spiro atoms. The zero-order valence-electron chi connectivity index (χ0n) is 12.4. The van der Waals surface area contributed by atoms with Crippen LogP contribution in [0.3, 0.4) is 0 Å². The van der Waals surface area contributed by atoms with Gasteiger partial charge in [-0.25, -0.2) is 0 Å². The molecule has 0 aromatic heterocycles. The van der Waals surface area contributed by atoms with Crippen molar-refractivity contribution in [1.82, 2.24) is 0 Å². The largest absolute Gasteiger partial charge is 0.454 e. The third-order valence-corrected chi connectivity index (χ3v) is 7.75. The molecule has 5 aliphatic rings. The van der Waals surface area contributed by atoms with Crippen molar-refractivity contribution in [2.75, 3.05) is 6.79 Å². The Balaban J connectivity index is 1.45. The second-order valence-electron chi connectivity index (χ2n) is 7.36. The lowest BCUT2D eigenvalue weighted by atomic mass is 9.68. The summed E-state index contributed by atoms with van der Waals surface area (Å²) in [5.41, 5.74) is 2.00. The van der Waals surface area contributed by atoms with E-state index in [2.05, 4.69) is 22.0 Å². The molecule has 1 aromatic carbocycles. The zero-order valence-corrected chi connectivity index (χ0v) is 14.0. The second-order valence-corrected chi connectivity index (χ2v) is 8.42. The molecular formula is C18H17BrO4. The lowest BCUT2D eigenvalue weighted by molar-refractivity contribution is 0.0565. The Bertz CT molecular complexity index is 732. The summed E-state index contributed by atoms with van der Waals surface area (Å²) in [6, 6.07) is 5.92. The van der Waals surface area contributed by atoms with Gasteiger partial charge in [0, 0.05) is 4.83 Å². The van der Waals surface area contributed by atoms with Crippen LogP contribution in [0, 0.1) is 23.7 Å². The number of halogens is 1. The Morgan fingerprint density at radius 1 is 1.09 bits per heavy atom.